The maximum absolute atomic E-state index is 10.3. The van der Waals surface area contributed by atoms with Crippen molar-refractivity contribution in [2.45, 2.75) is 13.3 Å². The SMILES string of the molecule is CCCOc1cccc(/C=C\C(=O)O)c1. The molecule has 0 aromatic heterocycles. The second kappa shape index (κ2) is 5.86. The fraction of sp³-hybridized carbons (Fsp3) is 0.250. The average molecular weight is 206 g/mol. The Morgan fingerprint density at radius 2 is 2.33 bits per heavy atom. The normalized spacial score (nSPS) is 10.5. The van der Waals surface area contributed by atoms with Gasteiger partial charge in [0, 0.05) is 6.08 Å². The van der Waals surface area contributed by atoms with Crippen LogP contribution in [-0.4, -0.2) is 17.7 Å². The smallest absolute Gasteiger partial charge is 0.328 e. The second-order valence-corrected chi connectivity index (χ2v) is 3.09. The molecule has 3 heteroatoms. The van der Waals surface area contributed by atoms with Crippen molar-refractivity contribution < 1.29 is 14.6 Å². The molecule has 0 saturated carbocycles. The van der Waals surface area contributed by atoms with Gasteiger partial charge in [0.05, 0.1) is 6.61 Å². The quantitative estimate of drug-likeness (QED) is 0.753. The molecule has 1 aromatic carbocycles. The van der Waals surface area contributed by atoms with Gasteiger partial charge in [0.25, 0.3) is 0 Å². The minimum absolute atomic E-state index is 0.673. The molecule has 1 aromatic rings. The summed E-state index contributed by atoms with van der Waals surface area (Å²) in [7, 11) is 0. The van der Waals surface area contributed by atoms with E-state index in [1.807, 2.05) is 31.2 Å². The van der Waals surface area contributed by atoms with Crippen LogP contribution >= 0.6 is 0 Å². The zero-order chi connectivity index (χ0) is 11.1. The molecule has 0 heterocycles. The van der Waals surface area contributed by atoms with Crippen LogP contribution in [0.4, 0.5) is 0 Å². The van der Waals surface area contributed by atoms with E-state index in [1.54, 1.807) is 6.08 Å². The molecule has 0 amide bonds. The molecule has 0 atom stereocenters. The van der Waals surface area contributed by atoms with Crippen LogP contribution < -0.4 is 4.74 Å². The molecule has 0 aliphatic rings. The van der Waals surface area contributed by atoms with E-state index >= 15 is 0 Å². The summed E-state index contributed by atoms with van der Waals surface area (Å²) in [5.74, 6) is -0.181. The predicted octanol–water partition coefficient (Wildman–Crippen LogP) is 2.57. The van der Waals surface area contributed by atoms with E-state index in [2.05, 4.69) is 0 Å². The lowest BCUT2D eigenvalue weighted by Gasteiger charge is -2.04. The highest BCUT2D eigenvalue weighted by Gasteiger charge is 1.94. The van der Waals surface area contributed by atoms with E-state index in [-0.39, 0.29) is 0 Å². The molecule has 1 N–H and O–H groups in total. The summed E-state index contributed by atoms with van der Waals surface area (Å²) in [6.45, 7) is 2.71. The maximum atomic E-state index is 10.3. The first kappa shape index (κ1) is 11.3. The van der Waals surface area contributed by atoms with Crippen molar-refractivity contribution in [2.24, 2.45) is 0 Å². The van der Waals surface area contributed by atoms with E-state index < -0.39 is 5.97 Å². The van der Waals surface area contributed by atoms with Crippen LogP contribution in [-0.2, 0) is 4.79 Å². The summed E-state index contributed by atoms with van der Waals surface area (Å²) in [6, 6.07) is 7.34. The molecule has 0 saturated heterocycles. The van der Waals surface area contributed by atoms with Gasteiger partial charge in [-0.15, -0.1) is 0 Å². The number of carbonyl (C=O) groups is 1. The molecule has 80 valence electrons. The summed E-state index contributed by atoms with van der Waals surface area (Å²) < 4.78 is 5.42. The molecule has 1 rings (SSSR count). The average Bonchev–Trinajstić information content (AvgIpc) is 2.24. The van der Waals surface area contributed by atoms with Crippen molar-refractivity contribution in [3.63, 3.8) is 0 Å². The van der Waals surface area contributed by atoms with Gasteiger partial charge in [0.1, 0.15) is 5.75 Å². The van der Waals surface area contributed by atoms with Gasteiger partial charge in [-0.1, -0.05) is 19.1 Å². The number of aliphatic carboxylic acids is 1. The third-order valence-electron chi connectivity index (χ3n) is 1.75. The lowest BCUT2D eigenvalue weighted by molar-refractivity contribution is -0.131. The second-order valence-electron chi connectivity index (χ2n) is 3.09. The first-order valence-corrected chi connectivity index (χ1v) is 4.86. The number of benzene rings is 1. The summed E-state index contributed by atoms with van der Waals surface area (Å²) in [6.07, 6.45) is 3.61. The van der Waals surface area contributed by atoms with Crippen LogP contribution in [0.5, 0.6) is 5.75 Å². The summed E-state index contributed by atoms with van der Waals surface area (Å²) >= 11 is 0. The Kier molecular flexibility index (Phi) is 4.41. The molecular formula is C12H14O3. The van der Waals surface area contributed by atoms with Crippen LogP contribution in [0.15, 0.2) is 30.3 Å². The molecule has 15 heavy (non-hydrogen) atoms. The standard InChI is InChI=1S/C12H14O3/c1-2-8-15-11-5-3-4-10(9-11)6-7-12(13)14/h3-7,9H,2,8H2,1H3,(H,13,14)/b7-6-. The molecule has 0 aliphatic carbocycles. The van der Waals surface area contributed by atoms with Gasteiger partial charge >= 0.3 is 5.97 Å². The predicted molar refractivity (Wildman–Crippen MR) is 58.9 cm³/mol. The molecule has 0 aliphatic heterocycles. The highest BCUT2D eigenvalue weighted by Crippen LogP contribution is 2.14. The molecule has 0 spiro atoms. The highest BCUT2D eigenvalue weighted by molar-refractivity contribution is 5.85. The van der Waals surface area contributed by atoms with Crippen molar-refractivity contribution in [1.82, 2.24) is 0 Å². The van der Waals surface area contributed by atoms with Gasteiger partial charge in [-0.2, -0.15) is 0 Å². The van der Waals surface area contributed by atoms with Crippen LogP contribution in [0, 0.1) is 0 Å². The van der Waals surface area contributed by atoms with Gasteiger partial charge in [-0.25, -0.2) is 4.79 Å². The Balaban J connectivity index is 2.69. The number of rotatable bonds is 5. The van der Waals surface area contributed by atoms with E-state index in [0.717, 1.165) is 23.8 Å². The first-order valence-electron chi connectivity index (χ1n) is 4.86. The zero-order valence-corrected chi connectivity index (χ0v) is 8.64. The van der Waals surface area contributed by atoms with E-state index in [0.29, 0.717) is 6.61 Å². The third-order valence-corrected chi connectivity index (χ3v) is 1.75. The Morgan fingerprint density at radius 1 is 1.53 bits per heavy atom. The highest BCUT2D eigenvalue weighted by atomic mass is 16.5. The van der Waals surface area contributed by atoms with E-state index in [4.69, 9.17) is 9.84 Å². The molecule has 0 radical (unpaired) electrons. The third kappa shape index (κ3) is 4.31. The van der Waals surface area contributed by atoms with E-state index in [1.165, 1.54) is 0 Å². The number of hydrogen-bond donors (Lipinski definition) is 1. The largest absolute Gasteiger partial charge is 0.494 e. The summed E-state index contributed by atoms with van der Waals surface area (Å²) in [5, 5.41) is 8.47. The van der Waals surface area contributed by atoms with Gasteiger partial charge in [-0.3, -0.25) is 0 Å². The molecule has 0 fully saturated rings. The van der Waals surface area contributed by atoms with Crippen molar-refractivity contribution in [1.29, 1.82) is 0 Å². The van der Waals surface area contributed by atoms with Gasteiger partial charge in [-0.05, 0) is 30.2 Å². The maximum Gasteiger partial charge on any atom is 0.328 e. The molecule has 0 unspecified atom stereocenters. The minimum Gasteiger partial charge on any atom is -0.494 e. The molecule has 3 nitrogen and oxygen atoms in total. The van der Waals surface area contributed by atoms with Crippen molar-refractivity contribution >= 4 is 12.0 Å². The van der Waals surface area contributed by atoms with Gasteiger partial charge in [0.2, 0.25) is 0 Å². The fourth-order valence-electron chi connectivity index (χ4n) is 1.10. The number of carboxylic acid groups (broad SMARTS) is 1. The Hall–Kier alpha value is -1.77. The molecular weight excluding hydrogens is 192 g/mol. The Labute approximate surface area is 89.0 Å². The number of hydrogen-bond acceptors (Lipinski definition) is 2. The molecule has 0 bridgehead atoms. The van der Waals surface area contributed by atoms with E-state index in [9.17, 15) is 4.79 Å². The topological polar surface area (TPSA) is 46.5 Å². The monoisotopic (exact) mass is 206 g/mol. The van der Waals surface area contributed by atoms with Crippen LogP contribution in [0.3, 0.4) is 0 Å². The fourth-order valence-corrected chi connectivity index (χ4v) is 1.10. The van der Waals surface area contributed by atoms with Crippen molar-refractivity contribution in [3.05, 3.63) is 35.9 Å². The zero-order valence-electron chi connectivity index (χ0n) is 8.64. The summed E-state index contributed by atoms with van der Waals surface area (Å²) in [4.78, 5) is 10.3. The minimum atomic E-state index is -0.949. The van der Waals surface area contributed by atoms with Crippen LogP contribution in [0.25, 0.3) is 6.08 Å². The van der Waals surface area contributed by atoms with Crippen molar-refractivity contribution in [2.75, 3.05) is 6.61 Å². The van der Waals surface area contributed by atoms with Crippen LogP contribution in [0.2, 0.25) is 0 Å². The first-order chi connectivity index (χ1) is 7.22. The Morgan fingerprint density at radius 3 is 3.00 bits per heavy atom. The Bertz CT molecular complexity index is 356. The van der Waals surface area contributed by atoms with Crippen LogP contribution in [0.1, 0.15) is 18.9 Å². The summed E-state index contributed by atoms with van der Waals surface area (Å²) in [5.41, 5.74) is 0.825. The number of ether oxygens (including phenoxy) is 1. The lowest BCUT2D eigenvalue weighted by Crippen LogP contribution is -1.94. The van der Waals surface area contributed by atoms with Crippen molar-refractivity contribution in [3.8, 4) is 5.75 Å². The lowest BCUT2D eigenvalue weighted by atomic mass is 10.2. The van der Waals surface area contributed by atoms with Gasteiger partial charge < -0.3 is 9.84 Å². The number of carboxylic acids is 1. The van der Waals surface area contributed by atoms with Gasteiger partial charge in [0.15, 0.2) is 0 Å².